The number of carbonyl (C=O) groups excluding carboxylic acids is 1. The number of alkyl halides is 3. The van der Waals surface area contributed by atoms with E-state index in [0.29, 0.717) is 4.90 Å². The van der Waals surface area contributed by atoms with E-state index in [0.717, 1.165) is 11.3 Å². The maximum atomic E-state index is 12.1. The summed E-state index contributed by atoms with van der Waals surface area (Å²) in [5, 5.41) is 8.38. The standard InChI is InChI=1S/C16H13F3N2O3S/c17-16(18,19)24-13-6-8-14(9-7-13)25-21-12-4-1-11(2-5-12)3-10-15(22)20-23/h1-10,21,23H,(H,20,22)/b10-3+. The van der Waals surface area contributed by atoms with Gasteiger partial charge in [0, 0.05) is 16.7 Å². The molecule has 2 aromatic carbocycles. The Morgan fingerprint density at radius 1 is 1.08 bits per heavy atom. The van der Waals surface area contributed by atoms with Crippen LogP contribution in [0.15, 0.2) is 59.5 Å². The summed E-state index contributed by atoms with van der Waals surface area (Å²) in [4.78, 5) is 11.6. The molecule has 2 aromatic rings. The molecule has 0 saturated heterocycles. The van der Waals surface area contributed by atoms with Gasteiger partial charge in [0.25, 0.3) is 5.91 Å². The van der Waals surface area contributed by atoms with Crippen LogP contribution in [0.1, 0.15) is 5.56 Å². The monoisotopic (exact) mass is 370 g/mol. The quantitative estimate of drug-likeness (QED) is 0.307. The molecule has 0 saturated carbocycles. The molecule has 0 atom stereocenters. The molecular weight excluding hydrogens is 357 g/mol. The van der Waals surface area contributed by atoms with Crippen molar-refractivity contribution in [3.05, 3.63) is 60.2 Å². The highest BCUT2D eigenvalue weighted by Crippen LogP contribution is 2.27. The minimum Gasteiger partial charge on any atom is -0.406 e. The number of carbonyl (C=O) groups is 1. The Bertz CT molecular complexity index is 732. The SMILES string of the molecule is O=C(/C=C/c1ccc(NSc2ccc(OC(F)(F)F)cc2)cc1)NO. The van der Waals surface area contributed by atoms with Gasteiger partial charge in [0.15, 0.2) is 0 Å². The van der Waals surface area contributed by atoms with Gasteiger partial charge in [0.2, 0.25) is 0 Å². The summed E-state index contributed by atoms with van der Waals surface area (Å²) in [6, 6.07) is 12.5. The van der Waals surface area contributed by atoms with E-state index in [2.05, 4.69) is 9.46 Å². The van der Waals surface area contributed by atoms with Crippen LogP contribution in [0.2, 0.25) is 0 Å². The van der Waals surface area contributed by atoms with Gasteiger partial charge >= 0.3 is 6.36 Å². The summed E-state index contributed by atoms with van der Waals surface area (Å²) >= 11 is 1.23. The first-order valence-corrected chi connectivity index (χ1v) is 7.68. The van der Waals surface area contributed by atoms with Crippen LogP contribution in [0.5, 0.6) is 5.75 Å². The fourth-order valence-electron chi connectivity index (χ4n) is 1.70. The fourth-order valence-corrected chi connectivity index (χ4v) is 2.34. The zero-order valence-electron chi connectivity index (χ0n) is 12.6. The lowest BCUT2D eigenvalue weighted by Gasteiger charge is -2.09. The molecule has 132 valence electrons. The highest BCUT2D eigenvalue weighted by Gasteiger charge is 2.30. The van der Waals surface area contributed by atoms with E-state index in [-0.39, 0.29) is 5.75 Å². The Labute approximate surface area is 145 Å². The van der Waals surface area contributed by atoms with Crippen LogP contribution in [0.25, 0.3) is 6.08 Å². The van der Waals surface area contributed by atoms with Crippen molar-refractivity contribution in [2.75, 3.05) is 4.72 Å². The molecule has 0 bridgehead atoms. The van der Waals surface area contributed by atoms with E-state index in [1.54, 1.807) is 24.3 Å². The smallest absolute Gasteiger partial charge is 0.406 e. The van der Waals surface area contributed by atoms with Gasteiger partial charge in [-0.05, 0) is 60.0 Å². The Morgan fingerprint density at radius 3 is 2.28 bits per heavy atom. The minimum atomic E-state index is -4.71. The van der Waals surface area contributed by atoms with Crippen molar-refractivity contribution < 1.29 is 27.9 Å². The molecule has 0 aliphatic carbocycles. The minimum absolute atomic E-state index is 0.278. The van der Waals surface area contributed by atoms with Gasteiger partial charge in [-0.3, -0.25) is 10.0 Å². The molecule has 0 aromatic heterocycles. The van der Waals surface area contributed by atoms with E-state index >= 15 is 0 Å². The maximum Gasteiger partial charge on any atom is 0.573 e. The van der Waals surface area contributed by atoms with Gasteiger partial charge in [-0.1, -0.05) is 12.1 Å². The zero-order chi connectivity index (χ0) is 18.3. The number of rotatable bonds is 6. The molecule has 0 radical (unpaired) electrons. The van der Waals surface area contributed by atoms with Gasteiger partial charge in [-0.25, -0.2) is 5.48 Å². The summed E-state index contributed by atoms with van der Waals surface area (Å²) in [6.45, 7) is 0. The summed E-state index contributed by atoms with van der Waals surface area (Å²) in [5.74, 6) is -0.907. The van der Waals surface area contributed by atoms with Crippen LogP contribution in [-0.4, -0.2) is 17.5 Å². The van der Waals surface area contributed by atoms with Crippen molar-refractivity contribution in [2.45, 2.75) is 11.3 Å². The number of nitrogens with one attached hydrogen (secondary N) is 2. The molecule has 9 heteroatoms. The van der Waals surface area contributed by atoms with Crippen molar-refractivity contribution in [1.29, 1.82) is 0 Å². The number of hydroxylamine groups is 1. The normalized spacial score (nSPS) is 11.4. The predicted molar refractivity (Wildman–Crippen MR) is 88.0 cm³/mol. The van der Waals surface area contributed by atoms with Gasteiger partial charge in [-0.15, -0.1) is 13.2 Å². The van der Waals surface area contributed by atoms with Gasteiger partial charge in [-0.2, -0.15) is 0 Å². The van der Waals surface area contributed by atoms with Crippen molar-refractivity contribution >= 4 is 29.6 Å². The summed E-state index contributed by atoms with van der Waals surface area (Å²) in [6.07, 6.45) is -2.00. The van der Waals surface area contributed by atoms with Crippen molar-refractivity contribution in [3.63, 3.8) is 0 Å². The molecule has 5 nitrogen and oxygen atoms in total. The number of anilines is 1. The third-order valence-electron chi connectivity index (χ3n) is 2.79. The van der Waals surface area contributed by atoms with E-state index in [4.69, 9.17) is 5.21 Å². The van der Waals surface area contributed by atoms with Gasteiger partial charge in [0.1, 0.15) is 5.75 Å². The number of hydrogen-bond acceptors (Lipinski definition) is 5. The Balaban J connectivity index is 1.88. The van der Waals surface area contributed by atoms with Crippen molar-refractivity contribution in [2.24, 2.45) is 0 Å². The molecule has 0 unspecified atom stereocenters. The molecule has 2 rings (SSSR count). The summed E-state index contributed by atoms with van der Waals surface area (Å²) in [7, 11) is 0. The lowest BCUT2D eigenvalue weighted by Crippen LogP contribution is -2.16. The zero-order valence-corrected chi connectivity index (χ0v) is 13.4. The molecule has 25 heavy (non-hydrogen) atoms. The lowest BCUT2D eigenvalue weighted by molar-refractivity contribution is -0.274. The highest BCUT2D eigenvalue weighted by molar-refractivity contribution is 8.00. The van der Waals surface area contributed by atoms with Crippen molar-refractivity contribution in [3.8, 4) is 5.75 Å². The number of hydrogen-bond donors (Lipinski definition) is 3. The number of benzene rings is 2. The third-order valence-corrected chi connectivity index (χ3v) is 3.64. The van der Waals surface area contributed by atoms with Crippen LogP contribution in [0.3, 0.4) is 0 Å². The van der Waals surface area contributed by atoms with Gasteiger partial charge < -0.3 is 9.46 Å². The largest absolute Gasteiger partial charge is 0.573 e. The second-order valence-corrected chi connectivity index (χ2v) is 5.53. The number of ether oxygens (including phenoxy) is 1. The summed E-state index contributed by atoms with van der Waals surface area (Å²) in [5.41, 5.74) is 3.01. The first kappa shape index (κ1) is 18.7. The summed E-state index contributed by atoms with van der Waals surface area (Å²) < 4.78 is 43.1. The first-order chi connectivity index (χ1) is 11.9. The number of amides is 1. The maximum absolute atomic E-state index is 12.1. The van der Waals surface area contributed by atoms with E-state index in [1.807, 2.05) is 0 Å². The molecular formula is C16H13F3N2O3S. The fraction of sp³-hybridized carbons (Fsp3) is 0.0625. The molecule has 0 aliphatic rings. The average molecular weight is 370 g/mol. The third kappa shape index (κ3) is 6.77. The second kappa shape index (κ2) is 8.45. The van der Waals surface area contributed by atoms with E-state index < -0.39 is 12.3 Å². The van der Waals surface area contributed by atoms with Crippen molar-refractivity contribution in [1.82, 2.24) is 5.48 Å². The van der Waals surface area contributed by atoms with Crippen LogP contribution in [0.4, 0.5) is 18.9 Å². The Morgan fingerprint density at radius 2 is 1.72 bits per heavy atom. The molecule has 0 spiro atoms. The molecule has 0 heterocycles. The topological polar surface area (TPSA) is 70.6 Å². The lowest BCUT2D eigenvalue weighted by atomic mass is 10.2. The average Bonchev–Trinajstić information content (AvgIpc) is 2.58. The van der Waals surface area contributed by atoms with Crippen LogP contribution >= 0.6 is 11.9 Å². The Kier molecular flexibility index (Phi) is 6.31. The molecule has 1 amide bonds. The Hall–Kier alpha value is -2.65. The molecule has 3 N–H and O–H groups in total. The molecule has 0 fully saturated rings. The van der Waals surface area contributed by atoms with E-state index in [9.17, 15) is 18.0 Å². The van der Waals surface area contributed by atoms with E-state index in [1.165, 1.54) is 53.8 Å². The first-order valence-electron chi connectivity index (χ1n) is 6.86. The van der Waals surface area contributed by atoms with Gasteiger partial charge in [0.05, 0.1) is 0 Å². The number of halogens is 3. The highest BCUT2D eigenvalue weighted by atomic mass is 32.2. The molecule has 0 aliphatic heterocycles. The second-order valence-electron chi connectivity index (χ2n) is 4.65. The predicted octanol–water partition coefficient (Wildman–Crippen LogP) is 4.22. The van der Waals surface area contributed by atoms with Crippen LogP contribution in [0, 0.1) is 0 Å². The van der Waals surface area contributed by atoms with Crippen LogP contribution in [-0.2, 0) is 4.79 Å². The van der Waals surface area contributed by atoms with Crippen LogP contribution < -0.4 is 14.9 Å².